The Kier molecular flexibility index (Phi) is 3.95. The van der Waals surface area contributed by atoms with Crippen LogP contribution in [0, 0.1) is 0 Å². The molecule has 4 aromatic carbocycles. The Morgan fingerprint density at radius 2 is 1.40 bits per heavy atom. The van der Waals surface area contributed by atoms with E-state index in [0.717, 1.165) is 29.2 Å². The van der Waals surface area contributed by atoms with Gasteiger partial charge in [-0.15, -0.1) is 0 Å². The van der Waals surface area contributed by atoms with Gasteiger partial charge in [0.05, 0.1) is 0 Å². The highest BCUT2D eigenvalue weighted by Crippen LogP contribution is 2.47. The summed E-state index contributed by atoms with van der Waals surface area (Å²) in [5, 5.41) is 9.97. The summed E-state index contributed by atoms with van der Waals surface area (Å²) < 4.78 is 0. The van der Waals surface area contributed by atoms with Crippen LogP contribution in [0.25, 0.3) is 22.9 Å². The predicted molar refractivity (Wildman–Crippen MR) is 129 cm³/mol. The van der Waals surface area contributed by atoms with E-state index in [4.69, 9.17) is 0 Å². The first-order chi connectivity index (χ1) is 14.9. The molecule has 0 bridgehead atoms. The largest absolute Gasteiger partial charge is 0.355 e. The van der Waals surface area contributed by atoms with Gasteiger partial charge in [0, 0.05) is 39.6 Å². The van der Waals surface area contributed by atoms with Crippen molar-refractivity contribution in [2.75, 3.05) is 10.6 Å². The topological polar surface area (TPSA) is 24.1 Å². The highest BCUT2D eigenvalue weighted by Gasteiger charge is 2.25. The molecule has 0 aliphatic heterocycles. The molecule has 0 saturated heterocycles. The molecule has 0 aromatic heterocycles. The van der Waals surface area contributed by atoms with E-state index in [9.17, 15) is 0 Å². The number of hydrogen-bond donors (Lipinski definition) is 2. The van der Waals surface area contributed by atoms with Crippen LogP contribution in [0.15, 0.2) is 91.0 Å². The Morgan fingerprint density at radius 1 is 0.700 bits per heavy atom. The normalized spacial score (nSPS) is 15.9. The Hall–Kier alpha value is -3.78. The van der Waals surface area contributed by atoms with Crippen molar-refractivity contribution in [2.45, 2.75) is 12.3 Å². The lowest BCUT2D eigenvalue weighted by Gasteiger charge is -2.28. The minimum absolute atomic E-state index is 0.456. The van der Waals surface area contributed by atoms with Crippen LogP contribution < -0.4 is 10.6 Å². The maximum Gasteiger partial charge on any atom is 0.0485 e. The van der Waals surface area contributed by atoms with Crippen LogP contribution >= 0.6 is 0 Å². The SMILES string of the molecule is C1=Cc2ccc3c(Nc4ccccc4)cc(Nc4ccccc4)c4c3c2C(C=C4)C1. The van der Waals surface area contributed by atoms with E-state index >= 15 is 0 Å². The third kappa shape index (κ3) is 2.81. The summed E-state index contributed by atoms with van der Waals surface area (Å²) in [5.74, 6) is 0.456. The van der Waals surface area contributed by atoms with Crippen molar-refractivity contribution in [2.24, 2.45) is 0 Å². The van der Waals surface area contributed by atoms with Gasteiger partial charge in [-0.3, -0.25) is 0 Å². The van der Waals surface area contributed by atoms with Crippen LogP contribution in [0.4, 0.5) is 22.7 Å². The molecule has 2 aliphatic carbocycles. The molecule has 0 radical (unpaired) electrons. The number of nitrogens with one attached hydrogen (secondary N) is 2. The smallest absolute Gasteiger partial charge is 0.0485 e. The van der Waals surface area contributed by atoms with E-state index in [0.29, 0.717) is 5.92 Å². The van der Waals surface area contributed by atoms with Gasteiger partial charge in [0.1, 0.15) is 0 Å². The van der Waals surface area contributed by atoms with Crippen molar-refractivity contribution in [1.29, 1.82) is 0 Å². The molecule has 2 heteroatoms. The van der Waals surface area contributed by atoms with E-state index in [1.165, 1.54) is 27.5 Å². The standard InChI is InChI=1S/C28H22N2/c1-3-10-21(11-4-1)29-25-18-26(30-22-12-5-2-6-13-22)24-17-15-20-9-7-8-19-14-16-23(25)28(24)27(19)20/h1-8,10-18,20,29-30H,9H2. The third-order valence-corrected chi connectivity index (χ3v) is 6.08. The van der Waals surface area contributed by atoms with E-state index in [1.54, 1.807) is 0 Å². The fourth-order valence-corrected chi connectivity index (χ4v) is 4.71. The molecule has 1 unspecified atom stereocenters. The van der Waals surface area contributed by atoms with Crippen LogP contribution in [-0.2, 0) is 0 Å². The highest BCUT2D eigenvalue weighted by molar-refractivity contribution is 6.09. The Labute approximate surface area is 176 Å². The van der Waals surface area contributed by atoms with Gasteiger partial charge in [0.25, 0.3) is 0 Å². The number of rotatable bonds is 4. The van der Waals surface area contributed by atoms with Crippen molar-refractivity contribution < 1.29 is 0 Å². The minimum Gasteiger partial charge on any atom is -0.355 e. The highest BCUT2D eigenvalue weighted by atomic mass is 14.9. The lowest BCUT2D eigenvalue weighted by molar-refractivity contribution is 0.861. The molecule has 0 saturated carbocycles. The van der Waals surface area contributed by atoms with Crippen LogP contribution in [-0.4, -0.2) is 0 Å². The van der Waals surface area contributed by atoms with Crippen molar-refractivity contribution in [3.63, 3.8) is 0 Å². The van der Waals surface area contributed by atoms with Gasteiger partial charge in [-0.05, 0) is 53.3 Å². The Morgan fingerprint density at radius 3 is 2.13 bits per heavy atom. The molecule has 4 aromatic rings. The molecule has 144 valence electrons. The van der Waals surface area contributed by atoms with Crippen molar-refractivity contribution in [3.05, 3.63) is 108 Å². The first-order valence-electron chi connectivity index (χ1n) is 10.5. The summed E-state index contributed by atoms with van der Waals surface area (Å²) in [5.41, 5.74) is 8.52. The van der Waals surface area contributed by atoms with Gasteiger partial charge < -0.3 is 10.6 Å². The average molecular weight is 386 g/mol. The molecule has 30 heavy (non-hydrogen) atoms. The quantitative estimate of drug-likeness (QED) is 0.373. The lowest BCUT2D eigenvalue weighted by atomic mass is 9.78. The van der Waals surface area contributed by atoms with Gasteiger partial charge in [-0.2, -0.15) is 0 Å². The van der Waals surface area contributed by atoms with Crippen LogP contribution in [0.1, 0.15) is 29.0 Å². The minimum atomic E-state index is 0.456. The maximum atomic E-state index is 3.66. The second kappa shape index (κ2) is 6.93. The Balaban J connectivity index is 1.60. The van der Waals surface area contributed by atoms with Gasteiger partial charge >= 0.3 is 0 Å². The van der Waals surface area contributed by atoms with E-state index < -0.39 is 0 Å². The fraction of sp³-hybridized carbons (Fsp3) is 0.0714. The van der Waals surface area contributed by atoms with E-state index in [-0.39, 0.29) is 0 Å². The molecule has 0 heterocycles. The summed E-state index contributed by atoms with van der Waals surface area (Å²) in [6.07, 6.45) is 10.3. The first-order valence-corrected chi connectivity index (χ1v) is 10.5. The molecule has 2 nitrogen and oxygen atoms in total. The number of anilines is 4. The maximum absolute atomic E-state index is 3.66. The van der Waals surface area contributed by atoms with E-state index in [2.05, 4.69) is 102 Å². The number of para-hydroxylation sites is 2. The summed E-state index contributed by atoms with van der Waals surface area (Å²) in [4.78, 5) is 0. The zero-order valence-electron chi connectivity index (χ0n) is 16.6. The fourth-order valence-electron chi connectivity index (χ4n) is 4.71. The predicted octanol–water partition coefficient (Wildman–Crippen LogP) is 7.85. The summed E-state index contributed by atoms with van der Waals surface area (Å²) in [7, 11) is 0. The summed E-state index contributed by atoms with van der Waals surface area (Å²) in [6, 6.07) is 27.6. The summed E-state index contributed by atoms with van der Waals surface area (Å²) in [6.45, 7) is 0. The van der Waals surface area contributed by atoms with E-state index in [1.807, 2.05) is 12.1 Å². The third-order valence-electron chi connectivity index (χ3n) is 6.08. The molecule has 0 amide bonds. The van der Waals surface area contributed by atoms with Crippen molar-refractivity contribution in [1.82, 2.24) is 0 Å². The molecular formula is C28H22N2. The van der Waals surface area contributed by atoms with Gasteiger partial charge in [0.15, 0.2) is 0 Å². The monoisotopic (exact) mass is 386 g/mol. The van der Waals surface area contributed by atoms with Crippen LogP contribution in [0.2, 0.25) is 0 Å². The Bertz CT molecular complexity index is 1300. The molecular weight excluding hydrogens is 364 g/mol. The zero-order chi connectivity index (χ0) is 19.9. The molecule has 1 atom stereocenters. The second-order valence-electron chi connectivity index (χ2n) is 7.96. The molecule has 6 rings (SSSR count). The lowest BCUT2D eigenvalue weighted by Crippen LogP contribution is -2.09. The van der Waals surface area contributed by atoms with Gasteiger partial charge in [-0.25, -0.2) is 0 Å². The zero-order valence-corrected chi connectivity index (χ0v) is 16.6. The number of benzene rings is 4. The average Bonchev–Trinajstić information content (AvgIpc) is 2.80. The molecule has 0 spiro atoms. The van der Waals surface area contributed by atoms with Crippen molar-refractivity contribution in [3.8, 4) is 0 Å². The van der Waals surface area contributed by atoms with Crippen molar-refractivity contribution >= 4 is 45.7 Å². The molecule has 2 N–H and O–H groups in total. The first kappa shape index (κ1) is 17.1. The van der Waals surface area contributed by atoms with Gasteiger partial charge in [0.2, 0.25) is 0 Å². The molecule has 0 fully saturated rings. The van der Waals surface area contributed by atoms with Crippen LogP contribution in [0.3, 0.4) is 0 Å². The second-order valence-corrected chi connectivity index (χ2v) is 7.96. The number of allylic oxidation sites excluding steroid dienone is 2. The van der Waals surface area contributed by atoms with Gasteiger partial charge in [-0.1, -0.05) is 72.8 Å². The molecule has 2 aliphatic rings. The summed E-state index contributed by atoms with van der Waals surface area (Å²) >= 11 is 0. The number of hydrogen-bond acceptors (Lipinski definition) is 2. The van der Waals surface area contributed by atoms with Crippen LogP contribution in [0.5, 0.6) is 0 Å².